The van der Waals surface area contributed by atoms with Crippen LogP contribution in [0.3, 0.4) is 0 Å². The number of hydrogen-bond acceptors (Lipinski definition) is 3. The van der Waals surface area contributed by atoms with Crippen LogP contribution in [0.25, 0.3) is 6.08 Å². The topological polar surface area (TPSA) is 75.6 Å². The van der Waals surface area contributed by atoms with Crippen LogP contribution in [0.15, 0.2) is 30.3 Å². The Labute approximate surface area is 105 Å². The quantitative estimate of drug-likeness (QED) is 0.745. The second-order valence-electron chi connectivity index (χ2n) is 3.54. The third-order valence-corrected chi connectivity index (χ3v) is 2.18. The number of ether oxygens (including phenoxy) is 1. The molecular weight excluding hydrogens is 234 g/mol. The van der Waals surface area contributed by atoms with E-state index in [2.05, 4.69) is 5.32 Å². The Morgan fingerprint density at radius 1 is 1.33 bits per heavy atom. The molecule has 96 valence electrons. The summed E-state index contributed by atoms with van der Waals surface area (Å²) in [5.74, 6) is -0.500. The average molecular weight is 249 g/mol. The number of carbonyl (C=O) groups is 2. The second kappa shape index (κ2) is 7.11. The fourth-order valence-electron chi connectivity index (χ4n) is 1.24. The molecule has 18 heavy (non-hydrogen) atoms. The van der Waals surface area contributed by atoms with Crippen LogP contribution in [0.2, 0.25) is 0 Å². The van der Waals surface area contributed by atoms with Crippen LogP contribution in [0.5, 0.6) is 5.75 Å². The summed E-state index contributed by atoms with van der Waals surface area (Å²) in [4.78, 5) is 21.5. The number of carboxylic acids is 1. The number of methoxy groups -OCH3 is 1. The van der Waals surface area contributed by atoms with Crippen molar-refractivity contribution in [3.05, 3.63) is 35.9 Å². The Morgan fingerprint density at radius 3 is 2.56 bits per heavy atom. The van der Waals surface area contributed by atoms with Gasteiger partial charge in [-0.2, -0.15) is 0 Å². The van der Waals surface area contributed by atoms with Crippen molar-refractivity contribution < 1.29 is 19.4 Å². The Morgan fingerprint density at radius 2 is 2.00 bits per heavy atom. The second-order valence-corrected chi connectivity index (χ2v) is 3.54. The van der Waals surface area contributed by atoms with Gasteiger partial charge in [0.1, 0.15) is 5.75 Å². The number of rotatable bonds is 6. The van der Waals surface area contributed by atoms with E-state index in [1.54, 1.807) is 25.3 Å². The molecule has 0 fully saturated rings. The smallest absolute Gasteiger partial charge is 0.305 e. The monoisotopic (exact) mass is 249 g/mol. The lowest BCUT2D eigenvalue weighted by Crippen LogP contribution is -2.23. The third-order valence-electron chi connectivity index (χ3n) is 2.18. The maximum atomic E-state index is 11.3. The van der Waals surface area contributed by atoms with Crippen LogP contribution in [0, 0.1) is 0 Å². The minimum Gasteiger partial charge on any atom is -0.497 e. The zero-order valence-electron chi connectivity index (χ0n) is 10.1. The van der Waals surface area contributed by atoms with Gasteiger partial charge in [0.05, 0.1) is 13.5 Å². The number of carbonyl (C=O) groups excluding carboxylic acids is 1. The molecule has 5 heteroatoms. The Hall–Kier alpha value is -2.30. The van der Waals surface area contributed by atoms with E-state index in [0.29, 0.717) is 0 Å². The third kappa shape index (κ3) is 5.16. The summed E-state index contributed by atoms with van der Waals surface area (Å²) in [5.41, 5.74) is 0.865. The zero-order chi connectivity index (χ0) is 13.4. The number of hydrogen-bond donors (Lipinski definition) is 2. The summed E-state index contributed by atoms with van der Waals surface area (Å²) in [6.07, 6.45) is 2.93. The molecule has 0 bridgehead atoms. The van der Waals surface area contributed by atoms with Crippen molar-refractivity contribution in [3.8, 4) is 5.75 Å². The van der Waals surface area contributed by atoms with Crippen molar-refractivity contribution in [2.45, 2.75) is 6.42 Å². The molecular formula is C13H15NO4. The van der Waals surface area contributed by atoms with Crippen LogP contribution >= 0.6 is 0 Å². The molecule has 0 saturated carbocycles. The fraction of sp³-hybridized carbons (Fsp3) is 0.231. The van der Waals surface area contributed by atoms with Gasteiger partial charge in [-0.15, -0.1) is 0 Å². The van der Waals surface area contributed by atoms with Crippen molar-refractivity contribution in [3.63, 3.8) is 0 Å². The predicted molar refractivity (Wildman–Crippen MR) is 67.3 cm³/mol. The van der Waals surface area contributed by atoms with Crippen molar-refractivity contribution >= 4 is 18.0 Å². The summed E-state index contributed by atoms with van der Waals surface area (Å²) in [5, 5.41) is 10.9. The van der Waals surface area contributed by atoms with Gasteiger partial charge in [-0.05, 0) is 23.8 Å². The lowest BCUT2D eigenvalue weighted by Gasteiger charge is -2.00. The van der Waals surface area contributed by atoms with Crippen LogP contribution in [-0.2, 0) is 9.59 Å². The van der Waals surface area contributed by atoms with Crippen LogP contribution < -0.4 is 10.1 Å². The number of aliphatic carboxylic acids is 1. The van der Waals surface area contributed by atoms with Gasteiger partial charge in [-0.25, -0.2) is 0 Å². The fourth-order valence-corrected chi connectivity index (χ4v) is 1.24. The van der Waals surface area contributed by atoms with E-state index in [0.717, 1.165) is 11.3 Å². The average Bonchev–Trinajstić information content (AvgIpc) is 2.36. The molecule has 0 aliphatic heterocycles. The van der Waals surface area contributed by atoms with Gasteiger partial charge in [0.15, 0.2) is 0 Å². The van der Waals surface area contributed by atoms with E-state index >= 15 is 0 Å². The number of carboxylic acid groups (broad SMARTS) is 1. The van der Waals surface area contributed by atoms with Crippen molar-refractivity contribution in [1.29, 1.82) is 0 Å². The Balaban J connectivity index is 2.42. The summed E-state index contributed by atoms with van der Waals surface area (Å²) < 4.78 is 5.01. The van der Waals surface area contributed by atoms with E-state index in [-0.39, 0.29) is 18.9 Å². The van der Waals surface area contributed by atoms with Gasteiger partial charge < -0.3 is 15.2 Å². The maximum Gasteiger partial charge on any atom is 0.305 e. The molecule has 5 nitrogen and oxygen atoms in total. The molecule has 0 atom stereocenters. The minimum atomic E-state index is -0.936. The lowest BCUT2D eigenvalue weighted by atomic mass is 10.2. The molecule has 0 radical (unpaired) electrons. The maximum absolute atomic E-state index is 11.3. The van der Waals surface area contributed by atoms with E-state index < -0.39 is 5.97 Å². The highest BCUT2D eigenvalue weighted by atomic mass is 16.5. The van der Waals surface area contributed by atoms with E-state index in [1.807, 2.05) is 12.1 Å². The first kappa shape index (κ1) is 13.8. The molecule has 0 aliphatic rings. The minimum absolute atomic E-state index is 0.0812. The number of benzene rings is 1. The molecule has 0 unspecified atom stereocenters. The van der Waals surface area contributed by atoms with E-state index in [9.17, 15) is 9.59 Å². The summed E-state index contributed by atoms with van der Waals surface area (Å²) in [7, 11) is 1.58. The highest BCUT2D eigenvalue weighted by Crippen LogP contribution is 2.11. The molecule has 0 aromatic heterocycles. The Kier molecular flexibility index (Phi) is 5.44. The van der Waals surface area contributed by atoms with Gasteiger partial charge in [0.25, 0.3) is 0 Å². The Bertz CT molecular complexity index is 437. The molecule has 1 aromatic carbocycles. The summed E-state index contributed by atoms with van der Waals surface area (Å²) in [6, 6.07) is 7.23. The van der Waals surface area contributed by atoms with Gasteiger partial charge in [-0.3, -0.25) is 9.59 Å². The van der Waals surface area contributed by atoms with Crippen LogP contribution in [0.4, 0.5) is 0 Å². The molecule has 0 saturated heterocycles. The highest BCUT2D eigenvalue weighted by Gasteiger charge is 1.98. The van der Waals surface area contributed by atoms with Gasteiger partial charge in [0.2, 0.25) is 5.91 Å². The normalized spacial score (nSPS) is 10.3. The summed E-state index contributed by atoms with van der Waals surface area (Å²) >= 11 is 0. The van der Waals surface area contributed by atoms with E-state index in [1.165, 1.54) is 6.08 Å². The van der Waals surface area contributed by atoms with E-state index in [4.69, 9.17) is 9.84 Å². The van der Waals surface area contributed by atoms with Gasteiger partial charge in [-0.1, -0.05) is 12.1 Å². The number of amides is 1. The largest absolute Gasteiger partial charge is 0.497 e. The van der Waals surface area contributed by atoms with Crippen molar-refractivity contribution in [2.75, 3.05) is 13.7 Å². The molecule has 0 aliphatic carbocycles. The summed E-state index contributed by atoms with van der Waals surface area (Å²) in [6.45, 7) is 0.126. The first-order valence-corrected chi connectivity index (χ1v) is 5.43. The lowest BCUT2D eigenvalue weighted by molar-refractivity contribution is -0.136. The first-order valence-electron chi connectivity index (χ1n) is 5.43. The zero-order valence-corrected chi connectivity index (χ0v) is 10.1. The molecule has 0 spiro atoms. The molecule has 2 N–H and O–H groups in total. The molecule has 1 rings (SSSR count). The first-order chi connectivity index (χ1) is 8.61. The predicted octanol–water partition coefficient (Wildman–Crippen LogP) is 1.30. The molecule has 1 aromatic rings. The standard InChI is InChI=1S/C13H15NO4/c1-18-11-5-2-10(3-6-11)4-7-12(15)14-9-8-13(16)17/h2-7H,8-9H2,1H3,(H,14,15)(H,16,17)/b7-4+. The molecule has 1 amide bonds. The van der Waals surface area contributed by atoms with Crippen molar-refractivity contribution in [1.82, 2.24) is 5.32 Å². The molecule has 0 heterocycles. The van der Waals surface area contributed by atoms with Gasteiger partial charge >= 0.3 is 5.97 Å². The van der Waals surface area contributed by atoms with Gasteiger partial charge in [0, 0.05) is 12.6 Å². The number of nitrogens with one attached hydrogen (secondary N) is 1. The van der Waals surface area contributed by atoms with Crippen LogP contribution in [-0.4, -0.2) is 30.6 Å². The highest BCUT2D eigenvalue weighted by molar-refractivity contribution is 5.91. The van der Waals surface area contributed by atoms with Crippen LogP contribution in [0.1, 0.15) is 12.0 Å². The van der Waals surface area contributed by atoms with Crippen molar-refractivity contribution in [2.24, 2.45) is 0 Å². The SMILES string of the molecule is COc1ccc(/C=C/C(=O)NCCC(=O)O)cc1.